The number of aryl methyl sites for hydroxylation is 3. The number of carbonyl (C=O) groups is 1. The molecule has 0 radical (unpaired) electrons. The largest absolute Gasteiger partial charge is 0.463 e. The number of ether oxygens (including phenoxy) is 1. The zero-order valence-corrected chi connectivity index (χ0v) is 16.8. The van der Waals surface area contributed by atoms with Crippen LogP contribution in [-0.4, -0.2) is 17.6 Å². The van der Waals surface area contributed by atoms with Crippen LogP contribution in [0.5, 0.6) is 0 Å². The third-order valence-electron chi connectivity index (χ3n) is 4.46. The summed E-state index contributed by atoms with van der Waals surface area (Å²) < 4.78 is 10.7. The quantitative estimate of drug-likeness (QED) is 0.288. The molecule has 1 aromatic heterocycles. The van der Waals surface area contributed by atoms with E-state index in [4.69, 9.17) is 9.15 Å². The number of rotatable bonds is 8. The third kappa shape index (κ3) is 6.04. The summed E-state index contributed by atoms with van der Waals surface area (Å²) in [6.07, 6.45) is 8.61. The van der Waals surface area contributed by atoms with Crippen molar-refractivity contribution in [2.24, 2.45) is 0 Å². The van der Waals surface area contributed by atoms with E-state index in [9.17, 15) is 4.79 Å². The van der Waals surface area contributed by atoms with Crippen LogP contribution < -0.4 is 0 Å². The molecule has 0 amide bonds. The van der Waals surface area contributed by atoms with Crippen molar-refractivity contribution < 1.29 is 13.9 Å². The van der Waals surface area contributed by atoms with Gasteiger partial charge in [-0.1, -0.05) is 60.7 Å². The highest BCUT2D eigenvalue weighted by atomic mass is 16.5. The molecule has 0 N–H and O–H groups in total. The summed E-state index contributed by atoms with van der Waals surface area (Å²) in [5, 5.41) is 0. The minimum atomic E-state index is -0.328. The summed E-state index contributed by atoms with van der Waals surface area (Å²) in [5.74, 6) is 1.22. The minimum Gasteiger partial charge on any atom is -0.463 e. The zero-order valence-electron chi connectivity index (χ0n) is 16.8. The number of nitrogens with zero attached hydrogens (tertiary/aromatic N) is 1. The maximum Gasteiger partial charge on any atom is 0.330 e. The van der Waals surface area contributed by atoms with Crippen molar-refractivity contribution in [3.63, 3.8) is 0 Å². The maximum absolute atomic E-state index is 11.2. The topological polar surface area (TPSA) is 52.3 Å². The molecule has 2 aromatic carbocycles. The van der Waals surface area contributed by atoms with Crippen molar-refractivity contribution in [3.8, 4) is 11.5 Å². The molecule has 0 unspecified atom stereocenters. The summed E-state index contributed by atoms with van der Waals surface area (Å²) in [6, 6.07) is 18.3. The van der Waals surface area contributed by atoms with Gasteiger partial charge in [0.2, 0.25) is 5.89 Å². The molecule has 3 rings (SSSR count). The van der Waals surface area contributed by atoms with Gasteiger partial charge in [0.05, 0.1) is 12.3 Å². The first-order valence-electron chi connectivity index (χ1n) is 9.78. The fourth-order valence-corrected chi connectivity index (χ4v) is 2.91. The molecule has 0 aliphatic rings. The fraction of sp³-hybridized carbons (Fsp3) is 0.200. The van der Waals surface area contributed by atoms with Crippen LogP contribution in [0.1, 0.15) is 29.5 Å². The van der Waals surface area contributed by atoms with Gasteiger partial charge in [-0.25, -0.2) is 9.78 Å². The number of benzene rings is 2. The van der Waals surface area contributed by atoms with Crippen molar-refractivity contribution >= 4 is 12.0 Å². The Morgan fingerprint density at radius 1 is 1.03 bits per heavy atom. The summed E-state index contributed by atoms with van der Waals surface area (Å²) in [5.41, 5.74) is 4.31. The lowest BCUT2D eigenvalue weighted by atomic mass is 10.1. The second-order valence-corrected chi connectivity index (χ2v) is 6.60. The Morgan fingerprint density at radius 3 is 2.52 bits per heavy atom. The van der Waals surface area contributed by atoms with Gasteiger partial charge in [-0.3, -0.25) is 0 Å². The van der Waals surface area contributed by atoms with Crippen LogP contribution >= 0.6 is 0 Å². The van der Waals surface area contributed by atoms with Crippen molar-refractivity contribution in [1.29, 1.82) is 0 Å². The first-order valence-corrected chi connectivity index (χ1v) is 9.78. The number of oxazole rings is 1. The van der Waals surface area contributed by atoms with Crippen LogP contribution in [-0.2, 0) is 22.4 Å². The first-order chi connectivity index (χ1) is 14.2. The molecule has 3 aromatic rings. The summed E-state index contributed by atoms with van der Waals surface area (Å²) in [4.78, 5) is 15.9. The van der Waals surface area contributed by atoms with Crippen LogP contribution in [0.3, 0.4) is 0 Å². The Morgan fingerprint density at radius 2 is 1.79 bits per heavy atom. The molecule has 4 nitrogen and oxygen atoms in total. The molecule has 0 atom stereocenters. The molecule has 4 heteroatoms. The average Bonchev–Trinajstić information content (AvgIpc) is 3.12. The first kappa shape index (κ1) is 20.3. The Labute approximate surface area is 171 Å². The second-order valence-electron chi connectivity index (χ2n) is 6.60. The van der Waals surface area contributed by atoms with Crippen molar-refractivity contribution in [2.75, 3.05) is 6.61 Å². The van der Waals surface area contributed by atoms with Crippen molar-refractivity contribution in [1.82, 2.24) is 4.98 Å². The monoisotopic (exact) mass is 387 g/mol. The number of carbonyl (C=O) groups excluding carboxylic acids is 1. The number of allylic oxidation sites excluding steroid dienone is 2. The van der Waals surface area contributed by atoms with E-state index >= 15 is 0 Å². The molecule has 0 bridgehead atoms. The van der Waals surface area contributed by atoms with E-state index in [1.807, 2.05) is 49.4 Å². The molecule has 0 saturated carbocycles. The third-order valence-corrected chi connectivity index (χ3v) is 4.46. The van der Waals surface area contributed by atoms with E-state index in [0.29, 0.717) is 12.5 Å². The highest BCUT2D eigenvalue weighted by Crippen LogP contribution is 2.22. The van der Waals surface area contributed by atoms with E-state index in [-0.39, 0.29) is 5.97 Å². The van der Waals surface area contributed by atoms with Gasteiger partial charge in [-0.05, 0) is 49.9 Å². The predicted molar refractivity (Wildman–Crippen MR) is 115 cm³/mol. The van der Waals surface area contributed by atoms with Crippen molar-refractivity contribution in [2.45, 2.75) is 26.7 Å². The normalized spacial score (nSPS) is 11.4. The van der Waals surface area contributed by atoms with Gasteiger partial charge in [-0.15, -0.1) is 0 Å². The average molecular weight is 387 g/mol. The van der Waals surface area contributed by atoms with Gasteiger partial charge >= 0.3 is 5.97 Å². The molecule has 0 aliphatic heterocycles. The van der Waals surface area contributed by atoms with E-state index in [1.165, 1.54) is 11.6 Å². The van der Waals surface area contributed by atoms with Crippen LogP contribution in [0.25, 0.3) is 17.5 Å². The van der Waals surface area contributed by atoms with Crippen LogP contribution in [0.15, 0.2) is 77.2 Å². The number of hydrogen-bond acceptors (Lipinski definition) is 4. The second kappa shape index (κ2) is 10.2. The number of esters is 1. The highest BCUT2D eigenvalue weighted by Gasteiger charge is 2.11. The maximum atomic E-state index is 11.2. The van der Waals surface area contributed by atoms with Gasteiger partial charge in [0, 0.05) is 11.6 Å². The molecule has 1 heterocycles. The van der Waals surface area contributed by atoms with Gasteiger partial charge in [0.1, 0.15) is 5.76 Å². The minimum absolute atomic E-state index is 0.328. The molecular weight excluding hydrogens is 362 g/mol. The molecule has 148 valence electrons. The zero-order chi connectivity index (χ0) is 20.5. The Kier molecular flexibility index (Phi) is 7.17. The molecule has 0 saturated heterocycles. The van der Waals surface area contributed by atoms with E-state index in [1.54, 1.807) is 13.0 Å². The van der Waals surface area contributed by atoms with E-state index in [0.717, 1.165) is 35.4 Å². The lowest BCUT2D eigenvalue weighted by Gasteiger charge is -2.01. The van der Waals surface area contributed by atoms with Gasteiger partial charge in [-0.2, -0.15) is 0 Å². The molecular formula is C25H25NO3. The van der Waals surface area contributed by atoms with Crippen LogP contribution in [0.2, 0.25) is 0 Å². The Balaban J connectivity index is 1.55. The lowest BCUT2D eigenvalue weighted by Crippen LogP contribution is -1.98. The van der Waals surface area contributed by atoms with Crippen LogP contribution in [0.4, 0.5) is 0 Å². The molecule has 0 fully saturated rings. The summed E-state index contributed by atoms with van der Waals surface area (Å²) in [7, 11) is 0. The SMILES string of the molecule is CCOC(=O)/C=C/C=C/c1ccc(CCc2nc(-c3ccccc3)oc2C)cc1. The Hall–Kier alpha value is -3.40. The molecule has 29 heavy (non-hydrogen) atoms. The van der Waals surface area contributed by atoms with E-state index < -0.39 is 0 Å². The highest BCUT2D eigenvalue weighted by molar-refractivity contribution is 5.82. The molecule has 0 aliphatic carbocycles. The Bertz CT molecular complexity index is 983. The van der Waals surface area contributed by atoms with Gasteiger partial charge < -0.3 is 9.15 Å². The van der Waals surface area contributed by atoms with Crippen molar-refractivity contribution in [3.05, 3.63) is 95.4 Å². The molecule has 0 spiro atoms. The number of aromatic nitrogens is 1. The standard InChI is InChI=1S/C25H25NO3/c1-3-28-24(27)12-8-7-9-20-13-15-21(16-14-20)17-18-23-19(2)29-25(26-23)22-10-5-4-6-11-22/h4-16H,3,17-18H2,1-2H3/b9-7+,12-8+. The smallest absolute Gasteiger partial charge is 0.330 e. The fourth-order valence-electron chi connectivity index (χ4n) is 2.91. The van der Waals surface area contributed by atoms with E-state index in [2.05, 4.69) is 29.2 Å². The van der Waals surface area contributed by atoms with Gasteiger partial charge in [0.15, 0.2) is 0 Å². The van der Waals surface area contributed by atoms with Gasteiger partial charge in [0.25, 0.3) is 0 Å². The summed E-state index contributed by atoms with van der Waals surface area (Å²) in [6.45, 7) is 4.14. The van der Waals surface area contributed by atoms with Crippen LogP contribution in [0, 0.1) is 6.92 Å². The summed E-state index contributed by atoms with van der Waals surface area (Å²) >= 11 is 0. The predicted octanol–water partition coefficient (Wildman–Crippen LogP) is 5.57. The number of hydrogen-bond donors (Lipinski definition) is 0. The lowest BCUT2D eigenvalue weighted by molar-refractivity contribution is -0.137.